The lowest BCUT2D eigenvalue weighted by Crippen LogP contribution is -2.38. The van der Waals surface area contributed by atoms with E-state index in [1.54, 1.807) is 0 Å². The monoisotopic (exact) mass is 690 g/mol. The number of carboxylic acid groups (broad SMARTS) is 2. The topological polar surface area (TPSA) is 133 Å². The number of carboxylic acids is 2. The zero-order chi connectivity index (χ0) is 35.9. The number of carbonyl (C=O) groups is 4. The van der Waals surface area contributed by atoms with Crippen molar-refractivity contribution in [2.75, 3.05) is 0 Å². The second kappa shape index (κ2) is 20.4. The average molecular weight is 691 g/mol. The van der Waals surface area contributed by atoms with Crippen molar-refractivity contribution in [3.63, 3.8) is 0 Å². The van der Waals surface area contributed by atoms with E-state index in [-0.39, 0.29) is 45.1 Å². The maximum Gasteiger partial charge on any atom is 0.336 e. The van der Waals surface area contributed by atoms with Gasteiger partial charge in [0.25, 0.3) is 11.8 Å². The summed E-state index contributed by atoms with van der Waals surface area (Å²) in [5.74, 6) is -2.10. The second-order valence-corrected chi connectivity index (χ2v) is 15.2. The van der Waals surface area contributed by atoms with Gasteiger partial charge in [-0.15, -0.1) is 0 Å². The zero-order valence-corrected chi connectivity index (χ0v) is 30.7. The van der Waals surface area contributed by atoms with Crippen molar-refractivity contribution in [1.29, 1.82) is 0 Å². The van der Waals surface area contributed by atoms with Crippen LogP contribution in [0.1, 0.15) is 197 Å². The molecule has 0 aliphatic heterocycles. The lowest BCUT2D eigenvalue weighted by atomic mass is 9.82. The fourth-order valence-corrected chi connectivity index (χ4v) is 8.37. The Hall–Kier alpha value is -3.42. The fraction of sp³-hybridized carbons (Fsp3) is 0.667. The minimum atomic E-state index is -1.28. The van der Waals surface area contributed by atoms with Crippen LogP contribution in [0, 0.1) is 11.8 Å². The highest BCUT2D eigenvalue weighted by atomic mass is 16.4. The van der Waals surface area contributed by atoms with Crippen LogP contribution in [0.3, 0.4) is 0 Å². The summed E-state index contributed by atoms with van der Waals surface area (Å²) in [6.45, 7) is 4.46. The van der Waals surface area contributed by atoms with E-state index in [2.05, 4.69) is 24.5 Å². The smallest absolute Gasteiger partial charge is 0.336 e. The van der Waals surface area contributed by atoms with Gasteiger partial charge in [-0.1, -0.05) is 104 Å². The highest BCUT2D eigenvalue weighted by Crippen LogP contribution is 2.34. The molecule has 4 N–H and O–H groups in total. The number of hydrogen-bond acceptors (Lipinski definition) is 4. The van der Waals surface area contributed by atoms with Crippen molar-refractivity contribution in [2.45, 2.75) is 167 Å². The zero-order valence-electron chi connectivity index (χ0n) is 30.7. The molecule has 0 heterocycles. The third-order valence-corrected chi connectivity index (χ3v) is 11.4. The van der Waals surface area contributed by atoms with Gasteiger partial charge in [0, 0.05) is 34.0 Å². The first kappa shape index (κ1) is 39.4. The Morgan fingerprint density at radius 2 is 0.820 bits per heavy atom. The van der Waals surface area contributed by atoms with E-state index >= 15 is 0 Å². The molecule has 50 heavy (non-hydrogen) atoms. The lowest BCUT2D eigenvalue weighted by Gasteiger charge is -2.30. The largest absolute Gasteiger partial charge is 0.478 e. The highest BCUT2D eigenvalue weighted by molar-refractivity contribution is 6.23. The highest BCUT2D eigenvalue weighted by Gasteiger charge is 2.29. The molecule has 2 fully saturated rings. The summed E-state index contributed by atoms with van der Waals surface area (Å²) in [5.41, 5.74) is -0.215. The Balaban J connectivity index is 1.43. The van der Waals surface area contributed by atoms with Crippen molar-refractivity contribution in [3.05, 3.63) is 46.5 Å². The van der Waals surface area contributed by atoms with Gasteiger partial charge in [-0.05, 0) is 87.5 Å². The Labute approximate surface area is 299 Å². The van der Waals surface area contributed by atoms with Crippen LogP contribution in [0.25, 0.3) is 10.8 Å². The summed E-state index contributed by atoms with van der Waals surface area (Å²) in [6, 6.07) is 5.37. The Kier molecular flexibility index (Phi) is 16.1. The number of aromatic carboxylic acids is 2. The molecule has 2 aliphatic carbocycles. The number of amides is 2. The first-order valence-corrected chi connectivity index (χ1v) is 19.9. The van der Waals surface area contributed by atoms with Gasteiger partial charge in [0.05, 0.1) is 11.1 Å². The van der Waals surface area contributed by atoms with Crippen LogP contribution in [0.5, 0.6) is 0 Å². The van der Waals surface area contributed by atoms with E-state index in [0.717, 1.165) is 51.4 Å². The van der Waals surface area contributed by atoms with Crippen LogP contribution in [0.4, 0.5) is 0 Å². The summed E-state index contributed by atoms with van der Waals surface area (Å²) in [6.07, 6.45) is 25.5. The van der Waals surface area contributed by atoms with Crippen LogP contribution >= 0.6 is 0 Å². The van der Waals surface area contributed by atoms with E-state index in [4.69, 9.17) is 0 Å². The molecule has 0 spiro atoms. The predicted octanol–water partition coefficient (Wildman–Crippen LogP) is 10.3. The Morgan fingerprint density at radius 3 is 1.16 bits per heavy atom. The first-order valence-electron chi connectivity index (χ1n) is 19.9. The molecule has 2 aromatic rings. The predicted molar refractivity (Wildman–Crippen MR) is 200 cm³/mol. The molecule has 0 aromatic heterocycles. The summed E-state index contributed by atoms with van der Waals surface area (Å²) < 4.78 is 0. The molecule has 0 bridgehead atoms. The molecule has 2 amide bonds. The quantitative estimate of drug-likeness (QED) is 0.102. The number of unbranched alkanes of at least 4 members (excludes halogenated alkanes) is 10. The van der Waals surface area contributed by atoms with Gasteiger partial charge in [0.2, 0.25) is 0 Å². The molecule has 2 aliphatic rings. The van der Waals surface area contributed by atoms with E-state index in [0.29, 0.717) is 11.8 Å². The van der Waals surface area contributed by atoms with Crippen LogP contribution < -0.4 is 10.6 Å². The number of benzene rings is 2. The normalized spacial score (nSPS) is 20.8. The molecule has 2 aromatic carbocycles. The van der Waals surface area contributed by atoms with Crippen molar-refractivity contribution in [2.24, 2.45) is 11.8 Å². The van der Waals surface area contributed by atoms with Crippen LogP contribution in [-0.2, 0) is 0 Å². The summed E-state index contributed by atoms with van der Waals surface area (Å²) in [7, 11) is 0. The first-order chi connectivity index (χ1) is 24.2. The van der Waals surface area contributed by atoms with Crippen molar-refractivity contribution >= 4 is 34.5 Å². The van der Waals surface area contributed by atoms with Crippen LogP contribution in [0.2, 0.25) is 0 Å². The van der Waals surface area contributed by atoms with E-state index in [9.17, 15) is 29.4 Å². The van der Waals surface area contributed by atoms with Gasteiger partial charge in [0.1, 0.15) is 0 Å². The molecular weight excluding hydrogens is 628 g/mol. The van der Waals surface area contributed by atoms with Crippen LogP contribution in [-0.4, -0.2) is 46.0 Å². The fourth-order valence-electron chi connectivity index (χ4n) is 8.37. The molecule has 0 saturated heterocycles. The maximum absolute atomic E-state index is 13.8. The number of rotatable bonds is 20. The van der Waals surface area contributed by atoms with E-state index in [1.807, 2.05) is 0 Å². The molecule has 8 nitrogen and oxygen atoms in total. The minimum absolute atomic E-state index is 0.00181. The van der Waals surface area contributed by atoms with Gasteiger partial charge >= 0.3 is 11.9 Å². The number of hydrogen-bond donors (Lipinski definition) is 4. The third kappa shape index (κ3) is 11.3. The molecule has 0 radical (unpaired) electrons. The summed E-state index contributed by atoms with van der Waals surface area (Å²) >= 11 is 0. The second-order valence-electron chi connectivity index (χ2n) is 15.2. The Bertz CT molecular complexity index is 1310. The number of fused-ring (bicyclic) bond motifs is 1. The maximum atomic E-state index is 13.8. The van der Waals surface area contributed by atoms with Gasteiger partial charge in [-0.25, -0.2) is 9.59 Å². The molecule has 276 valence electrons. The third-order valence-electron chi connectivity index (χ3n) is 11.4. The average Bonchev–Trinajstić information content (AvgIpc) is 3.11. The van der Waals surface area contributed by atoms with Crippen molar-refractivity contribution < 1.29 is 29.4 Å². The molecule has 0 unspecified atom stereocenters. The SMILES string of the molecule is CCCCCCCC[C@H]1CC[C@H](NC(=O)c2ccc(C(=O)N[C@H]3CC[C@H](CCCCCCCC)CC3)c3c(C(=O)O)ccc(C(=O)O)c23)CC1. The molecule has 0 atom stereocenters. The summed E-state index contributed by atoms with van der Waals surface area (Å²) in [5, 5.41) is 26.5. The molecule has 8 heteroatoms. The molecule has 4 rings (SSSR count). The van der Waals surface area contributed by atoms with Gasteiger partial charge in [-0.3, -0.25) is 9.59 Å². The van der Waals surface area contributed by atoms with E-state index in [1.165, 1.54) is 114 Å². The van der Waals surface area contributed by atoms with Gasteiger partial charge < -0.3 is 20.8 Å². The molecule has 2 saturated carbocycles. The molecular formula is C42H62N2O6. The van der Waals surface area contributed by atoms with Crippen molar-refractivity contribution in [1.82, 2.24) is 10.6 Å². The minimum Gasteiger partial charge on any atom is -0.478 e. The number of nitrogens with one attached hydrogen (secondary N) is 2. The van der Waals surface area contributed by atoms with Gasteiger partial charge in [0.15, 0.2) is 0 Å². The standard InChI is InChI=1S/C42H62N2O6/c1-3-5-7-9-11-13-15-29-17-21-31(22-18-29)43-39(45)33-25-26-34(38-36(42(49)50)28-27-35(37(33)38)41(47)48)40(46)44-32-23-19-30(20-24-32)16-14-12-10-8-6-4-2/h25-32H,3-24H2,1-2H3,(H,43,45)(H,44,46)(H,47,48)(H,49,50)/t29-,30-,31-,32-. The lowest BCUT2D eigenvalue weighted by molar-refractivity contribution is 0.0684. The van der Waals surface area contributed by atoms with Crippen LogP contribution in [0.15, 0.2) is 24.3 Å². The number of carbonyl (C=O) groups excluding carboxylic acids is 2. The Morgan fingerprint density at radius 1 is 0.500 bits per heavy atom. The summed E-state index contributed by atoms with van der Waals surface area (Å²) in [4.78, 5) is 52.5. The van der Waals surface area contributed by atoms with Crippen molar-refractivity contribution in [3.8, 4) is 0 Å². The van der Waals surface area contributed by atoms with E-state index < -0.39 is 23.8 Å². The van der Waals surface area contributed by atoms with Gasteiger partial charge in [-0.2, -0.15) is 0 Å².